The largest absolute Gasteiger partial charge is 0.490 e. The highest BCUT2D eigenvalue weighted by molar-refractivity contribution is 6.09. The lowest BCUT2D eigenvalue weighted by atomic mass is 10.0. The maximum absolute atomic E-state index is 13.6. The van der Waals surface area contributed by atoms with E-state index in [0.29, 0.717) is 41.3 Å². The molecule has 0 radical (unpaired) electrons. The number of nitrogens with one attached hydrogen (secondary N) is 1. The van der Waals surface area contributed by atoms with Crippen molar-refractivity contribution in [3.63, 3.8) is 0 Å². The van der Waals surface area contributed by atoms with Crippen molar-refractivity contribution in [3.8, 4) is 17.6 Å². The molecule has 6 heteroatoms. The van der Waals surface area contributed by atoms with Crippen molar-refractivity contribution in [1.82, 2.24) is 0 Å². The monoisotopic (exact) mass is 470 g/mol. The zero-order chi connectivity index (χ0) is 25.2. The third kappa shape index (κ3) is 7.05. The van der Waals surface area contributed by atoms with Crippen LogP contribution in [-0.4, -0.2) is 12.5 Å². The number of allylic oxidation sites excluding steroid dienone is 1. The molecule has 0 fully saturated rings. The summed E-state index contributed by atoms with van der Waals surface area (Å²) in [6, 6.07) is 19.1. The summed E-state index contributed by atoms with van der Waals surface area (Å²) in [5, 5.41) is 12.4. The van der Waals surface area contributed by atoms with Gasteiger partial charge in [-0.15, -0.1) is 6.58 Å². The van der Waals surface area contributed by atoms with Crippen LogP contribution < -0.4 is 14.8 Å². The summed E-state index contributed by atoms with van der Waals surface area (Å²) in [4.78, 5) is 12.7. The topological polar surface area (TPSA) is 71.4 Å². The van der Waals surface area contributed by atoms with Gasteiger partial charge in [-0.3, -0.25) is 4.79 Å². The van der Waals surface area contributed by atoms with Crippen LogP contribution in [0.2, 0.25) is 0 Å². The second kappa shape index (κ2) is 12.2. The second-order valence-corrected chi connectivity index (χ2v) is 7.85. The normalized spacial score (nSPS) is 10.9. The molecule has 3 aromatic rings. The Morgan fingerprint density at radius 2 is 1.94 bits per heavy atom. The lowest BCUT2D eigenvalue weighted by molar-refractivity contribution is -0.112. The molecule has 0 aliphatic rings. The zero-order valence-corrected chi connectivity index (χ0v) is 19.8. The van der Waals surface area contributed by atoms with Crippen LogP contribution in [0.25, 0.3) is 6.08 Å². The SMILES string of the molecule is C=CCc1cc(/C=C(\C#N)C(=O)Nc2cccc(C)c2)cc(OCC)c1OCc1cccc(F)c1. The molecule has 3 rings (SSSR count). The van der Waals surface area contributed by atoms with Gasteiger partial charge >= 0.3 is 0 Å². The highest BCUT2D eigenvalue weighted by Gasteiger charge is 2.16. The van der Waals surface area contributed by atoms with Crippen molar-refractivity contribution in [3.05, 3.63) is 107 Å². The summed E-state index contributed by atoms with van der Waals surface area (Å²) in [5.74, 6) is 0.130. The Balaban J connectivity index is 1.93. The van der Waals surface area contributed by atoms with E-state index in [2.05, 4.69) is 11.9 Å². The molecular formula is C29H27FN2O3. The van der Waals surface area contributed by atoms with Crippen LogP contribution in [0.15, 0.2) is 78.9 Å². The van der Waals surface area contributed by atoms with Gasteiger partial charge in [0.1, 0.15) is 24.1 Å². The smallest absolute Gasteiger partial charge is 0.266 e. The molecule has 0 aromatic heterocycles. The van der Waals surface area contributed by atoms with Crippen molar-refractivity contribution in [2.24, 2.45) is 0 Å². The molecule has 0 unspecified atom stereocenters. The molecule has 1 amide bonds. The molecule has 35 heavy (non-hydrogen) atoms. The predicted octanol–water partition coefficient (Wildman–Crippen LogP) is 6.39. The number of carbonyl (C=O) groups is 1. The van der Waals surface area contributed by atoms with Crippen molar-refractivity contribution in [1.29, 1.82) is 5.26 Å². The maximum Gasteiger partial charge on any atom is 0.266 e. The predicted molar refractivity (Wildman–Crippen MR) is 136 cm³/mol. The Labute approximate surface area is 205 Å². The molecule has 0 aliphatic heterocycles. The van der Waals surface area contributed by atoms with Crippen molar-refractivity contribution in [2.75, 3.05) is 11.9 Å². The number of aryl methyl sites for hydroxylation is 1. The number of amides is 1. The molecular weight excluding hydrogens is 443 g/mol. The molecule has 0 spiro atoms. The fourth-order valence-corrected chi connectivity index (χ4v) is 3.52. The number of halogens is 1. The average molecular weight is 471 g/mol. The number of carbonyl (C=O) groups excluding carboxylic acids is 1. The van der Waals surface area contributed by atoms with E-state index in [-0.39, 0.29) is 18.0 Å². The van der Waals surface area contributed by atoms with Crippen LogP contribution in [0.3, 0.4) is 0 Å². The second-order valence-electron chi connectivity index (χ2n) is 7.85. The van der Waals surface area contributed by atoms with Gasteiger partial charge in [-0.05, 0) is 79.4 Å². The minimum Gasteiger partial charge on any atom is -0.490 e. The fraction of sp³-hybridized carbons (Fsp3) is 0.172. The summed E-state index contributed by atoms with van der Waals surface area (Å²) in [6.45, 7) is 8.12. The Morgan fingerprint density at radius 3 is 2.63 bits per heavy atom. The Kier molecular flexibility index (Phi) is 8.80. The lowest BCUT2D eigenvalue weighted by Crippen LogP contribution is -2.13. The first-order valence-corrected chi connectivity index (χ1v) is 11.2. The first kappa shape index (κ1) is 25.3. The van der Waals surface area contributed by atoms with Crippen LogP contribution in [0.5, 0.6) is 11.5 Å². The van der Waals surface area contributed by atoms with Gasteiger partial charge in [-0.1, -0.05) is 30.3 Å². The minimum atomic E-state index is -0.507. The van der Waals surface area contributed by atoms with Gasteiger partial charge in [0.25, 0.3) is 5.91 Å². The quantitative estimate of drug-likeness (QED) is 0.212. The molecule has 0 saturated carbocycles. The number of rotatable bonds is 10. The molecule has 0 bridgehead atoms. The van der Waals surface area contributed by atoms with Gasteiger partial charge in [0.15, 0.2) is 11.5 Å². The van der Waals surface area contributed by atoms with E-state index in [1.165, 1.54) is 18.2 Å². The Hall–Kier alpha value is -4.37. The molecule has 0 heterocycles. The fourth-order valence-electron chi connectivity index (χ4n) is 3.52. The van der Waals surface area contributed by atoms with Gasteiger partial charge in [-0.25, -0.2) is 4.39 Å². The summed E-state index contributed by atoms with van der Waals surface area (Å²) < 4.78 is 25.4. The van der Waals surface area contributed by atoms with Crippen LogP contribution >= 0.6 is 0 Å². The molecule has 1 N–H and O–H groups in total. The van der Waals surface area contributed by atoms with Crippen molar-refractivity contribution >= 4 is 17.7 Å². The van der Waals surface area contributed by atoms with E-state index in [1.54, 1.807) is 30.3 Å². The van der Waals surface area contributed by atoms with Crippen molar-refractivity contribution < 1.29 is 18.7 Å². The summed E-state index contributed by atoms with van der Waals surface area (Å²) in [5.41, 5.74) is 3.62. The minimum absolute atomic E-state index is 0.0491. The van der Waals surface area contributed by atoms with Gasteiger partial charge in [-0.2, -0.15) is 5.26 Å². The average Bonchev–Trinajstić information content (AvgIpc) is 2.82. The number of hydrogen-bond donors (Lipinski definition) is 1. The number of benzene rings is 3. The van der Waals surface area contributed by atoms with Gasteiger partial charge in [0.2, 0.25) is 0 Å². The first-order valence-electron chi connectivity index (χ1n) is 11.2. The number of nitrogens with zero attached hydrogens (tertiary/aromatic N) is 1. The standard InChI is InChI=1S/C29H27FN2O3/c1-4-8-23-14-22(15-24(18-31)29(33)32-26-12-6-9-20(3)13-26)17-27(34-5-2)28(23)35-19-21-10-7-11-25(30)16-21/h4,6-7,9-17H,1,5,8,19H2,2-3H3,(H,32,33)/b24-15+. The number of anilines is 1. The highest BCUT2D eigenvalue weighted by Crippen LogP contribution is 2.35. The Morgan fingerprint density at radius 1 is 1.14 bits per heavy atom. The molecule has 3 aromatic carbocycles. The van der Waals surface area contributed by atoms with Crippen LogP contribution in [0.1, 0.15) is 29.2 Å². The number of ether oxygens (including phenoxy) is 2. The highest BCUT2D eigenvalue weighted by atomic mass is 19.1. The summed E-state index contributed by atoms with van der Waals surface area (Å²) >= 11 is 0. The maximum atomic E-state index is 13.6. The van der Waals surface area contributed by atoms with E-state index < -0.39 is 5.91 Å². The van der Waals surface area contributed by atoms with E-state index in [1.807, 2.05) is 44.2 Å². The molecule has 0 aliphatic carbocycles. The lowest BCUT2D eigenvalue weighted by Gasteiger charge is -2.17. The van der Waals surface area contributed by atoms with Crippen molar-refractivity contribution in [2.45, 2.75) is 26.9 Å². The first-order chi connectivity index (χ1) is 16.9. The van der Waals surface area contributed by atoms with E-state index in [4.69, 9.17) is 9.47 Å². The number of hydrogen-bond acceptors (Lipinski definition) is 4. The third-order valence-corrected chi connectivity index (χ3v) is 5.04. The van der Waals surface area contributed by atoms with Gasteiger partial charge in [0.05, 0.1) is 6.61 Å². The van der Waals surface area contributed by atoms with E-state index in [0.717, 1.165) is 11.1 Å². The molecule has 0 atom stereocenters. The molecule has 178 valence electrons. The zero-order valence-electron chi connectivity index (χ0n) is 19.8. The third-order valence-electron chi connectivity index (χ3n) is 5.04. The number of nitriles is 1. The molecule has 0 saturated heterocycles. The van der Waals surface area contributed by atoms with E-state index in [9.17, 15) is 14.4 Å². The summed E-state index contributed by atoms with van der Waals surface area (Å²) in [6.07, 6.45) is 3.71. The summed E-state index contributed by atoms with van der Waals surface area (Å²) in [7, 11) is 0. The Bertz CT molecular complexity index is 1290. The molecule has 5 nitrogen and oxygen atoms in total. The van der Waals surface area contributed by atoms with E-state index >= 15 is 0 Å². The van der Waals surface area contributed by atoms with Gasteiger partial charge in [0, 0.05) is 11.3 Å². The van der Waals surface area contributed by atoms with Gasteiger partial charge < -0.3 is 14.8 Å². The van der Waals surface area contributed by atoms with Crippen LogP contribution in [-0.2, 0) is 17.8 Å². The van der Waals surface area contributed by atoms with Crippen LogP contribution in [0.4, 0.5) is 10.1 Å². The van der Waals surface area contributed by atoms with Crippen LogP contribution in [0, 0.1) is 24.1 Å².